The summed E-state index contributed by atoms with van der Waals surface area (Å²) in [4.78, 5) is 11.9. The number of carboxylic acids is 1. The summed E-state index contributed by atoms with van der Waals surface area (Å²) in [5.74, 6) is -0.218. The lowest BCUT2D eigenvalue weighted by atomic mass is 10.2. The topological polar surface area (TPSA) is 55.1 Å². The van der Waals surface area contributed by atoms with Gasteiger partial charge in [-0.1, -0.05) is 15.9 Å². The average molecular weight is 341 g/mol. The second-order valence-electron chi connectivity index (χ2n) is 4.13. The first-order valence-corrected chi connectivity index (χ1v) is 7.40. The number of aromatic carboxylic acids is 1. The summed E-state index contributed by atoms with van der Waals surface area (Å²) in [7, 11) is 1.89. The van der Waals surface area contributed by atoms with Crippen molar-refractivity contribution >= 4 is 33.7 Å². The van der Waals surface area contributed by atoms with Crippen LogP contribution in [-0.4, -0.2) is 20.9 Å². The van der Waals surface area contributed by atoms with Crippen LogP contribution in [0.25, 0.3) is 0 Å². The summed E-state index contributed by atoms with van der Waals surface area (Å²) in [5.41, 5.74) is 2.36. The molecule has 4 nitrogen and oxygen atoms in total. The molecule has 1 aromatic carbocycles. The van der Waals surface area contributed by atoms with Crippen molar-refractivity contribution < 1.29 is 9.90 Å². The maximum atomic E-state index is 11.2. The minimum absolute atomic E-state index is 0.326. The highest BCUT2D eigenvalue weighted by Crippen LogP contribution is 2.29. The highest BCUT2D eigenvalue weighted by Gasteiger charge is 2.12. The van der Waals surface area contributed by atoms with E-state index in [9.17, 15) is 4.79 Å². The Hall–Kier alpha value is -1.27. The van der Waals surface area contributed by atoms with E-state index in [0.717, 1.165) is 20.8 Å². The molecule has 2 aromatic rings. The molecule has 0 bridgehead atoms. The molecule has 0 amide bonds. The zero-order chi connectivity index (χ0) is 14.0. The maximum absolute atomic E-state index is 11.2. The lowest BCUT2D eigenvalue weighted by Gasteiger charge is -2.06. The molecule has 0 unspecified atom stereocenters. The summed E-state index contributed by atoms with van der Waals surface area (Å²) in [5, 5.41) is 13.4. The van der Waals surface area contributed by atoms with Crippen LogP contribution < -0.4 is 0 Å². The largest absolute Gasteiger partial charge is 0.478 e. The molecule has 0 saturated carbocycles. The summed E-state index contributed by atoms with van der Waals surface area (Å²) < 4.78 is 2.70. The van der Waals surface area contributed by atoms with Crippen molar-refractivity contribution in [1.29, 1.82) is 0 Å². The number of benzene rings is 1. The van der Waals surface area contributed by atoms with Crippen LogP contribution in [0.2, 0.25) is 0 Å². The first-order chi connectivity index (χ1) is 8.97. The third kappa shape index (κ3) is 3.39. The van der Waals surface area contributed by atoms with Gasteiger partial charge >= 0.3 is 5.97 Å². The van der Waals surface area contributed by atoms with Crippen LogP contribution in [-0.2, 0) is 12.8 Å². The molecule has 0 aliphatic rings. The number of aromatic nitrogens is 2. The molecule has 1 heterocycles. The van der Waals surface area contributed by atoms with Gasteiger partial charge in [-0.05, 0) is 31.2 Å². The molecule has 2 rings (SSSR count). The Morgan fingerprint density at radius 1 is 1.47 bits per heavy atom. The van der Waals surface area contributed by atoms with Crippen LogP contribution in [0, 0.1) is 6.92 Å². The fourth-order valence-electron chi connectivity index (χ4n) is 1.74. The molecular weight excluding hydrogens is 328 g/mol. The molecule has 1 N–H and O–H groups in total. The lowest BCUT2D eigenvalue weighted by Crippen LogP contribution is -2.00. The van der Waals surface area contributed by atoms with Gasteiger partial charge in [0.2, 0.25) is 0 Å². The Balaban J connectivity index is 2.21. The van der Waals surface area contributed by atoms with Crippen molar-refractivity contribution in [3.63, 3.8) is 0 Å². The third-order valence-corrected chi connectivity index (χ3v) is 4.23. The van der Waals surface area contributed by atoms with Crippen LogP contribution in [0.3, 0.4) is 0 Å². The molecule has 0 saturated heterocycles. The van der Waals surface area contributed by atoms with Gasteiger partial charge in [-0.2, -0.15) is 5.10 Å². The van der Waals surface area contributed by atoms with Crippen LogP contribution >= 0.6 is 27.7 Å². The Bertz CT molecular complexity index is 625. The molecule has 1 aromatic heterocycles. The van der Waals surface area contributed by atoms with E-state index in [4.69, 9.17) is 5.11 Å². The number of carbonyl (C=O) groups is 1. The van der Waals surface area contributed by atoms with E-state index in [1.807, 2.05) is 30.8 Å². The van der Waals surface area contributed by atoms with Crippen LogP contribution in [0.1, 0.15) is 21.7 Å². The number of hydrogen-bond acceptors (Lipinski definition) is 3. The Morgan fingerprint density at radius 3 is 2.79 bits per heavy atom. The molecule has 6 heteroatoms. The fourth-order valence-corrected chi connectivity index (χ4v) is 3.35. The van der Waals surface area contributed by atoms with Crippen molar-refractivity contribution in [2.24, 2.45) is 7.05 Å². The van der Waals surface area contributed by atoms with Crippen LogP contribution in [0.15, 0.2) is 33.6 Å². The molecule has 19 heavy (non-hydrogen) atoms. The smallest absolute Gasteiger partial charge is 0.336 e. The average Bonchev–Trinajstić information content (AvgIpc) is 2.65. The van der Waals surface area contributed by atoms with Gasteiger partial charge < -0.3 is 5.11 Å². The number of rotatable bonds is 4. The van der Waals surface area contributed by atoms with E-state index in [0.29, 0.717) is 11.3 Å². The molecule has 0 radical (unpaired) electrons. The van der Waals surface area contributed by atoms with Gasteiger partial charge in [0.05, 0.1) is 11.3 Å². The minimum Gasteiger partial charge on any atom is -0.478 e. The fraction of sp³-hybridized carbons (Fsp3) is 0.231. The normalized spacial score (nSPS) is 10.7. The quantitative estimate of drug-likeness (QED) is 0.865. The van der Waals surface area contributed by atoms with E-state index in [-0.39, 0.29) is 0 Å². The molecule has 0 spiro atoms. The van der Waals surface area contributed by atoms with Crippen LogP contribution in [0.4, 0.5) is 0 Å². The minimum atomic E-state index is -0.906. The maximum Gasteiger partial charge on any atom is 0.336 e. The lowest BCUT2D eigenvalue weighted by molar-refractivity contribution is 0.0693. The van der Waals surface area contributed by atoms with Crippen molar-refractivity contribution in [2.45, 2.75) is 17.6 Å². The van der Waals surface area contributed by atoms with Gasteiger partial charge in [0.25, 0.3) is 0 Å². The van der Waals surface area contributed by atoms with E-state index >= 15 is 0 Å². The number of nitrogens with zero attached hydrogens (tertiary/aromatic N) is 2. The monoisotopic (exact) mass is 340 g/mol. The Kier molecular flexibility index (Phi) is 4.31. The first kappa shape index (κ1) is 14.1. The van der Waals surface area contributed by atoms with Gasteiger partial charge in [0.15, 0.2) is 0 Å². The molecule has 0 aliphatic heterocycles. The molecular formula is C13H13BrN2O2S. The van der Waals surface area contributed by atoms with Crippen LogP contribution in [0.5, 0.6) is 0 Å². The number of carboxylic acid groups (broad SMARTS) is 1. The van der Waals surface area contributed by atoms with Gasteiger partial charge in [-0.3, -0.25) is 4.68 Å². The summed E-state index contributed by atoms with van der Waals surface area (Å²) in [6, 6.07) is 7.19. The highest BCUT2D eigenvalue weighted by molar-refractivity contribution is 9.10. The predicted octanol–water partition coefficient (Wildman–Crippen LogP) is 3.48. The standard InChI is InChI=1S/C13H13BrN2O2S/c1-8-5-10(16(2)15-8)7-19-12-6-9(14)3-4-11(12)13(17)18/h3-6H,7H2,1-2H3,(H,17,18). The van der Waals surface area contributed by atoms with Gasteiger partial charge in [-0.25, -0.2) is 4.79 Å². The van der Waals surface area contributed by atoms with E-state index in [1.165, 1.54) is 11.8 Å². The van der Waals surface area contributed by atoms with E-state index in [2.05, 4.69) is 21.0 Å². The van der Waals surface area contributed by atoms with Crippen molar-refractivity contribution in [1.82, 2.24) is 9.78 Å². The van der Waals surface area contributed by atoms with Gasteiger partial charge in [0.1, 0.15) is 0 Å². The Morgan fingerprint density at radius 2 is 2.21 bits per heavy atom. The number of hydrogen-bond donors (Lipinski definition) is 1. The molecule has 0 aliphatic carbocycles. The van der Waals surface area contributed by atoms with Gasteiger partial charge in [0, 0.05) is 27.9 Å². The summed E-state index contributed by atoms with van der Waals surface area (Å²) in [6.07, 6.45) is 0. The molecule has 0 atom stereocenters. The second-order valence-corrected chi connectivity index (χ2v) is 6.07. The van der Waals surface area contributed by atoms with E-state index < -0.39 is 5.97 Å². The predicted molar refractivity (Wildman–Crippen MR) is 78.6 cm³/mol. The number of aryl methyl sites for hydroxylation is 2. The zero-order valence-electron chi connectivity index (χ0n) is 10.6. The Labute approximate surface area is 124 Å². The van der Waals surface area contributed by atoms with E-state index in [1.54, 1.807) is 12.1 Å². The van der Waals surface area contributed by atoms with Crippen molar-refractivity contribution in [3.05, 3.63) is 45.7 Å². The van der Waals surface area contributed by atoms with Crippen molar-refractivity contribution in [2.75, 3.05) is 0 Å². The summed E-state index contributed by atoms with van der Waals surface area (Å²) >= 11 is 4.86. The molecule has 100 valence electrons. The SMILES string of the molecule is Cc1cc(CSc2cc(Br)ccc2C(=O)O)n(C)n1. The highest BCUT2D eigenvalue weighted by atomic mass is 79.9. The molecule has 0 fully saturated rings. The first-order valence-electron chi connectivity index (χ1n) is 5.62. The third-order valence-electron chi connectivity index (χ3n) is 2.65. The zero-order valence-corrected chi connectivity index (χ0v) is 13.0. The van der Waals surface area contributed by atoms with Crippen molar-refractivity contribution in [3.8, 4) is 0 Å². The number of thioether (sulfide) groups is 1. The number of halogens is 1. The second kappa shape index (κ2) is 5.79. The van der Waals surface area contributed by atoms with Gasteiger partial charge in [-0.15, -0.1) is 11.8 Å². The summed E-state index contributed by atoms with van der Waals surface area (Å²) in [6.45, 7) is 1.94.